The lowest BCUT2D eigenvalue weighted by molar-refractivity contribution is 0.0930. The molecule has 2 aromatic rings. The lowest BCUT2D eigenvalue weighted by Crippen LogP contribution is -2.45. The Morgan fingerprint density at radius 1 is 1.38 bits per heavy atom. The maximum Gasteiger partial charge on any atom is 0.253 e. The van der Waals surface area contributed by atoms with Crippen LogP contribution in [0, 0.1) is 25.2 Å². The number of aromatic nitrogens is 2. The van der Waals surface area contributed by atoms with E-state index in [0.717, 1.165) is 55.2 Å². The van der Waals surface area contributed by atoms with Gasteiger partial charge >= 0.3 is 0 Å². The van der Waals surface area contributed by atoms with Gasteiger partial charge in [0.2, 0.25) is 0 Å². The van der Waals surface area contributed by atoms with Crippen LogP contribution in [0.3, 0.4) is 0 Å². The molecule has 6 heteroatoms. The van der Waals surface area contributed by atoms with E-state index in [1.165, 1.54) is 0 Å². The number of amides is 1. The van der Waals surface area contributed by atoms with E-state index in [1.807, 2.05) is 19.9 Å². The van der Waals surface area contributed by atoms with Gasteiger partial charge in [0, 0.05) is 43.3 Å². The maximum absolute atomic E-state index is 12.7. The number of carbonyl (C=O) groups is 1. The molecular formula is C20H25N5O. The number of nitriles is 1. The first-order valence-corrected chi connectivity index (χ1v) is 9.12. The van der Waals surface area contributed by atoms with E-state index in [4.69, 9.17) is 0 Å². The van der Waals surface area contributed by atoms with Crippen LogP contribution in [-0.2, 0) is 6.54 Å². The molecule has 0 radical (unpaired) electrons. The topological polar surface area (TPSA) is 74.0 Å². The van der Waals surface area contributed by atoms with Gasteiger partial charge in [-0.1, -0.05) is 0 Å². The highest BCUT2D eigenvalue weighted by atomic mass is 16.1. The fraction of sp³-hybridized carbons (Fsp3) is 0.450. The smallest absolute Gasteiger partial charge is 0.253 e. The average molecular weight is 351 g/mol. The van der Waals surface area contributed by atoms with Crippen LogP contribution in [0.5, 0.6) is 0 Å². The van der Waals surface area contributed by atoms with Crippen LogP contribution in [0.1, 0.15) is 47.1 Å². The van der Waals surface area contributed by atoms with E-state index >= 15 is 0 Å². The van der Waals surface area contributed by atoms with Gasteiger partial charge in [0.05, 0.1) is 11.1 Å². The van der Waals surface area contributed by atoms with Crippen LogP contribution >= 0.6 is 0 Å². The molecule has 26 heavy (non-hydrogen) atoms. The predicted molar refractivity (Wildman–Crippen MR) is 101 cm³/mol. The summed E-state index contributed by atoms with van der Waals surface area (Å²) in [4.78, 5) is 19.2. The fourth-order valence-electron chi connectivity index (χ4n) is 3.75. The van der Waals surface area contributed by atoms with E-state index in [0.29, 0.717) is 5.56 Å². The zero-order chi connectivity index (χ0) is 18.7. The van der Waals surface area contributed by atoms with Gasteiger partial charge in [0.15, 0.2) is 0 Å². The molecule has 0 aromatic carbocycles. The molecule has 2 aromatic heterocycles. The van der Waals surface area contributed by atoms with Crippen molar-refractivity contribution in [1.82, 2.24) is 14.9 Å². The van der Waals surface area contributed by atoms with Gasteiger partial charge < -0.3 is 14.8 Å². The molecule has 1 aliphatic rings. The lowest BCUT2D eigenvalue weighted by Gasteiger charge is -2.33. The molecule has 3 heterocycles. The van der Waals surface area contributed by atoms with E-state index in [1.54, 1.807) is 18.3 Å². The minimum atomic E-state index is 0.00630. The third-order valence-corrected chi connectivity index (χ3v) is 5.17. The van der Waals surface area contributed by atoms with Crippen molar-refractivity contribution >= 4 is 11.7 Å². The summed E-state index contributed by atoms with van der Waals surface area (Å²) in [5, 5.41) is 12.4. The number of rotatable bonds is 4. The van der Waals surface area contributed by atoms with Crippen LogP contribution in [-0.4, -0.2) is 34.6 Å². The number of hydrogen-bond donors (Lipinski definition) is 1. The molecule has 136 valence electrons. The number of anilines is 1. The highest BCUT2D eigenvalue weighted by Gasteiger charge is 2.24. The second-order valence-electron chi connectivity index (χ2n) is 6.75. The quantitative estimate of drug-likeness (QED) is 0.919. The van der Waals surface area contributed by atoms with Gasteiger partial charge in [-0.2, -0.15) is 5.26 Å². The summed E-state index contributed by atoms with van der Waals surface area (Å²) >= 11 is 0. The normalized spacial score (nSPS) is 14.9. The number of carbonyl (C=O) groups excluding carboxylic acids is 1. The minimum absolute atomic E-state index is 0.00630. The standard InChI is InChI=1S/C20H25N5O/c1-4-25-14(2)12-18(15(25)3)20(26)23-17-7-10-24(11-8-17)19-16(13-21)6-5-9-22-19/h5-6,9,12,17H,4,7-8,10-11H2,1-3H3,(H,23,26). The minimum Gasteiger partial charge on any atom is -0.355 e. The first kappa shape index (κ1) is 18.0. The number of piperidine rings is 1. The lowest BCUT2D eigenvalue weighted by atomic mass is 10.0. The number of nitrogens with one attached hydrogen (secondary N) is 1. The molecule has 1 saturated heterocycles. The van der Waals surface area contributed by atoms with Crippen molar-refractivity contribution in [2.24, 2.45) is 0 Å². The Labute approximate surface area is 154 Å². The first-order chi connectivity index (χ1) is 12.5. The van der Waals surface area contributed by atoms with Gasteiger partial charge in [-0.25, -0.2) is 4.98 Å². The van der Waals surface area contributed by atoms with Crippen LogP contribution in [0.25, 0.3) is 0 Å². The monoisotopic (exact) mass is 351 g/mol. The van der Waals surface area contributed by atoms with E-state index in [-0.39, 0.29) is 11.9 Å². The van der Waals surface area contributed by atoms with Gasteiger partial charge in [0.1, 0.15) is 11.9 Å². The molecule has 6 nitrogen and oxygen atoms in total. The van der Waals surface area contributed by atoms with Gasteiger partial charge in [-0.05, 0) is 51.8 Å². The highest BCUT2D eigenvalue weighted by Crippen LogP contribution is 2.22. The van der Waals surface area contributed by atoms with Gasteiger partial charge in [0.25, 0.3) is 5.91 Å². The molecular weight excluding hydrogens is 326 g/mol. The Bertz CT molecular complexity index is 840. The van der Waals surface area contributed by atoms with E-state index in [2.05, 4.69) is 32.8 Å². The zero-order valence-corrected chi connectivity index (χ0v) is 15.6. The van der Waals surface area contributed by atoms with E-state index < -0.39 is 0 Å². The molecule has 1 N–H and O–H groups in total. The second-order valence-corrected chi connectivity index (χ2v) is 6.75. The third kappa shape index (κ3) is 3.43. The predicted octanol–water partition coefficient (Wildman–Crippen LogP) is 2.79. The zero-order valence-electron chi connectivity index (χ0n) is 15.6. The largest absolute Gasteiger partial charge is 0.355 e. The van der Waals surface area contributed by atoms with Crippen molar-refractivity contribution in [2.45, 2.75) is 46.2 Å². The van der Waals surface area contributed by atoms with Crippen molar-refractivity contribution in [2.75, 3.05) is 18.0 Å². The molecule has 1 amide bonds. The Hall–Kier alpha value is -2.81. The summed E-state index contributed by atoms with van der Waals surface area (Å²) in [6, 6.07) is 7.89. The Kier molecular flexibility index (Phi) is 5.27. The number of pyridine rings is 1. The summed E-state index contributed by atoms with van der Waals surface area (Å²) < 4.78 is 2.15. The summed E-state index contributed by atoms with van der Waals surface area (Å²) in [6.45, 7) is 8.55. The Balaban J connectivity index is 1.62. The molecule has 0 bridgehead atoms. The van der Waals surface area contributed by atoms with Crippen molar-refractivity contribution in [1.29, 1.82) is 5.26 Å². The van der Waals surface area contributed by atoms with Crippen LogP contribution < -0.4 is 10.2 Å². The average Bonchev–Trinajstić information content (AvgIpc) is 2.96. The maximum atomic E-state index is 12.7. The van der Waals surface area contributed by atoms with Crippen molar-refractivity contribution in [3.8, 4) is 6.07 Å². The van der Waals surface area contributed by atoms with E-state index in [9.17, 15) is 10.1 Å². The van der Waals surface area contributed by atoms with Crippen LogP contribution in [0.15, 0.2) is 24.4 Å². The number of nitrogens with zero attached hydrogens (tertiary/aromatic N) is 4. The van der Waals surface area contributed by atoms with Gasteiger partial charge in [-0.15, -0.1) is 0 Å². The summed E-state index contributed by atoms with van der Waals surface area (Å²) in [7, 11) is 0. The molecule has 0 saturated carbocycles. The summed E-state index contributed by atoms with van der Waals surface area (Å²) in [6.07, 6.45) is 3.41. The molecule has 0 atom stereocenters. The van der Waals surface area contributed by atoms with Crippen molar-refractivity contribution in [3.05, 3.63) is 46.9 Å². The fourth-order valence-corrected chi connectivity index (χ4v) is 3.75. The molecule has 0 unspecified atom stereocenters. The Morgan fingerprint density at radius 2 is 2.12 bits per heavy atom. The molecule has 1 fully saturated rings. The van der Waals surface area contributed by atoms with Gasteiger partial charge in [-0.3, -0.25) is 4.79 Å². The van der Waals surface area contributed by atoms with Crippen molar-refractivity contribution in [3.63, 3.8) is 0 Å². The number of aryl methyl sites for hydroxylation is 1. The Morgan fingerprint density at radius 3 is 2.73 bits per heavy atom. The molecule has 3 rings (SSSR count). The summed E-state index contributed by atoms with van der Waals surface area (Å²) in [5.41, 5.74) is 3.50. The SMILES string of the molecule is CCn1c(C)cc(C(=O)NC2CCN(c3ncccc3C#N)CC2)c1C. The molecule has 0 aliphatic carbocycles. The molecule has 0 spiro atoms. The number of hydrogen-bond acceptors (Lipinski definition) is 4. The van der Waals surface area contributed by atoms with Crippen molar-refractivity contribution < 1.29 is 4.79 Å². The third-order valence-electron chi connectivity index (χ3n) is 5.17. The summed E-state index contributed by atoms with van der Waals surface area (Å²) in [5.74, 6) is 0.748. The second kappa shape index (κ2) is 7.61. The van der Waals surface area contributed by atoms with Crippen LogP contribution in [0.4, 0.5) is 5.82 Å². The van der Waals surface area contributed by atoms with Crippen LogP contribution in [0.2, 0.25) is 0 Å². The first-order valence-electron chi connectivity index (χ1n) is 9.12. The molecule has 1 aliphatic heterocycles. The highest BCUT2D eigenvalue weighted by molar-refractivity contribution is 5.95.